The summed E-state index contributed by atoms with van der Waals surface area (Å²) in [6.07, 6.45) is -0.926. The van der Waals surface area contributed by atoms with Gasteiger partial charge in [0.25, 0.3) is 5.91 Å². The van der Waals surface area contributed by atoms with Crippen molar-refractivity contribution in [2.24, 2.45) is 0 Å². The number of nitrogens with one attached hydrogen (secondary N) is 1. The number of carbonyl (C=O) groups excluding carboxylic acids is 2. The number of ether oxygens (including phenoxy) is 1. The smallest absolute Gasteiger partial charge is 0.324 e. The van der Waals surface area contributed by atoms with E-state index in [1.807, 2.05) is 32.0 Å². The van der Waals surface area contributed by atoms with Crippen molar-refractivity contribution in [1.82, 2.24) is 10.2 Å². The number of β-amino-alcohol motifs (C(OH)–C–C–N with tert-alkyl or cyclic N) is 1. The molecule has 6 nitrogen and oxygen atoms in total. The van der Waals surface area contributed by atoms with E-state index in [2.05, 4.69) is 5.32 Å². The van der Waals surface area contributed by atoms with Gasteiger partial charge in [0.2, 0.25) is 0 Å². The van der Waals surface area contributed by atoms with Crippen molar-refractivity contribution in [3.63, 3.8) is 0 Å². The summed E-state index contributed by atoms with van der Waals surface area (Å²) < 4.78 is 5.57. The van der Waals surface area contributed by atoms with Gasteiger partial charge >= 0.3 is 6.03 Å². The molecule has 0 bridgehead atoms. The standard InChI is InChI=1S/C15H20N2O4/c1-9-4-5-10(2)13(6-9)21-8-12(18)7-17-14(19)11(3)16-15(17)20/h4-6,11-12,18H,7-8H2,1-3H3,(H,16,20)/t11-,12+/m1/s1. The van der Waals surface area contributed by atoms with Crippen LogP contribution in [0.2, 0.25) is 0 Å². The highest BCUT2D eigenvalue weighted by Gasteiger charge is 2.36. The minimum atomic E-state index is -0.926. The average Bonchev–Trinajstić information content (AvgIpc) is 2.66. The van der Waals surface area contributed by atoms with Crippen molar-refractivity contribution < 1.29 is 19.4 Å². The Balaban J connectivity index is 1.90. The number of nitrogens with zero attached hydrogens (tertiary/aromatic N) is 1. The van der Waals surface area contributed by atoms with E-state index in [4.69, 9.17) is 4.74 Å². The molecule has 0 unspecified atom stereocenters. The second-order valence-corrected chi connectivity index (χ2v) is 5.35. The molecular formula is C15H20N2O4. The van der Waals surface area contributed by atoms with E-state index >= 15 is 0 Å². The molecule has 1 heterocycles. The van der Waals surface area contributed by atoms with Gasteiger partial charge in [-0.15, -0.1) is 0 Å². The van der Waals surface area contributed by atoms with Crippen LogP contribution in [-0.4, -0.2) is 47.2 Å². The molecule has 21 heavy (non-hydrogen) atoms. The Morgan fingerprint density at radius 3 is 2.71 bits per heavy atom. The first kappa shape index (κ1) is 15.3. The lowest BCUT2D eigenvalue weighted by molar-refractivity contribution is -0.128. The summed E-state index contributed by atoms with van der Waals surface area (Å²) in [5.41, 5.74) is 2.03. The van der Waals surface area contributed by atoms with Gasteiger partial charge in [-0.1, -0.05) is 12.1 Å². The third-order valence-corrected chi connectivity index (χ3v) is 3.39. The van der Waals surface area contributed by atoms with Crippen molar-refractivity contribution in [2.75, 3.05) is 13.2 Å². The Kier molecular flexibility index (Phi) is 4.47. The van der Waals surface area contributed by atoms with Crippen LogP contribution in [0.15, 0.2) is 18.2 Å². The summed E-state index contributed by atoms with van der Waals surface area (Å²) in [5, 5.41) is 12.5. The van der Waals surface area contributed by atoms with Crippen molar-refractivity contribution in [2.45, 2.75) is 32.9 Å². The maximum absolute atomic E-state index is 11.7. The number of aliphatic hydroxyl groups excluding tert-OH is 1. The van der Waals surface area contributed by atoms with Gasteiger partial charge in [0.15, 0.2) is 0 Å². The third kappa shape index (κ3) is 3.52. The fourth-order valence-corrected chi connectivity index (χ4v) is 2.14. The molecule has 1 aromatic rings. The van der Waals surface area contributed by atoms with E-state index in [0.29, 0.717) is 5.75 Å². The first-order valence-electron chi connectivity index (χ1n) is 6.88. The van der Waals surface area contributed by atoms with Gasteiger partial charge in [-0.3, -0.25) is 9.69 Å². The van der Waals surface area contributed by atoms with Gasteiger partial charge in [0, 0.05) is 0 Å². The Bertz CT molecular complexity index is 559. The van der Waals surface area contributed by atoms with Crippen LogP contribution in [0, 0.1) is 13.8 Å². The van der Waals surface area contributed by atoms with Crippen molar-refractivity contribution in [3.8, 4) is 5.75 Å². The lowest BCUT2D eigenvalue weighted by atomic mass is 10.1. The van der Waals surface area contributed by atoms with Crippen LogP contribution in [-0.2, 0) is 4.79 Å². The Hall–Kier alpha value is -2.08. The molecule has 1 aromatic carbocycles. The summed E-state index contributed by atoms with van der Waals surface area (Å²) in [5.74, 6) is 0.366. The van der Waals surface area contributed by atoms with Gasteiger partial charge in [-0.2, -0.15) is 0 Å². The van der Waals surface area contributed by atoms with Gasteiger partial charge in [-0.05, 0) is 38.0 Å². The molecule has 0 spiro atoms. The zero-order valence-corrected chi connectivity index (χ0v) is 12.4. The molecule has 1 fully saturated rings. The SMILES string of the molecule is Cc1ccc(C)c(OC[C@@H](O)CN2C(=O)N[C@H](C)C2=O)c1. The second kappa shape index (κ2) is 6.13. The first-order valence-corrected chi connectivity index (χ1v) is 6.88. The van der Waals surface area contributed by atoms with Gasteiger partial charge in [-0.25, -0.2) is 4.79 Å². The van der Waals surface area contributed by atoms with Crippen LogP contribution >= 0.6 is 0 Å². The summed E-state index contributed by atoms with van der Waals surface area (Å²) in [6.45, 7) is 5.44. The topological polar surface area (TPSA) is 78.9 Å². The van der Waals surface area contributed by atoms with E-state index in [9.17, 15) is 14.7 Å². The number of imide groups is 1. The number of amides is 3. The zero-order chi connectivity index (χ0) is 15.6. The van der Waals surface area contributed by atoms with Crippen LogP contribution < -0.4 is 10.1 Å². The highest BCUT2D eigenvalue weighted by molar-refractivity contribution is 6.03. The van der Waals surface area contributed by atoms with E-state index in [1.165, 1.54) is 0 Å². The number of aliphatic hydroxyl groups is 1. The fraction of sp³-hybridized carbons (Fsp3) is 0.467. The third-order valence-electron chi connectivity index (χ3n) is 3.39. The number of aryl methyl sites for hydroxylation is 2. The van der Waals surface area contributed by atoms with Crippen molar-refractivity contribution >= 4 is 11.9 Å². The van der Waals surface area contributed by atoms with E-state index in [-0.39, 0.29) is 19.1 Å². The number of hydrogen-bond acceptors (Lipinski definition) is 4. The average molecular weight is 292 g/mol. The lowest BCUT2D eigenvalue weighted by Crippen LogP contribution is -2.40. The summed E-state index contributed by atoms with van der Waals surface area (Å²) in [6, 6.07) is 4.80. The van der Waals surface area contributed by atoms with Gasteiger partial charge in [0.05, 0.1) is 6.54 Å². The molecule has 0 aromatic heterocycles. The predicted molar refractivity (Wildman–Crippen MR) is 77.1 cm³/mol. The van der Waals surface area contributed by atoms with Crippen molar-refractivity contribution in [1.29, 1.82) is 0 Å². The number of urea groups is 1. The molecule has 3 amide bonds. The number of carbonyl (C=O) groups is 2. The van der Waals surface area contributed by atoms with E-state index in [1.54, 1.807) is 6.92 Å². The second-order valence-electron chi connectivity index (χ2n) is 5.35. The highest BCUT2D eigenvalue weighted by atomic mass is 16.5. The minimum absolute atomic E-state index is 0.0235. The molecule has 114 valence electrons. The van der Waals surface area contributed by atoms with Crippen molar-refractivity contribution in [3.05, 3.63) is 29.3 Å². The quantitative estimate of drug-likeness (QED) is 0.793. The van der Waals surface area contributed by atoms with E-state index < -0.39 is 18.2 Å². The van der Waals surface area contributed by atoms with Crippen LogP contribution in [0.25, 0.3) is 0 Å². The summed E-state index contributed by atoms with van der Waals surface area (Å²) >= 11 is 0. The first-order chi connectivity index (χ1) is 9.88. The molecule has 1 saturated heterocycles. The maximum Gasteiger partial charge on any atom is 0.324 e. The molecule has 6 heteroatoms. The normalized spacial score (nSPS) is 19.6. The zero-order valence-electron chi connectivity index (χ0n) is 12.4. The summed E-state index contributed by atoms with van der Waals surface area (Å²) in [4.78, 5) is 24.3. The number of rotatable bonds is 5. The highest BCUT2D eigenvalue weighted by Crippen LogP contribution is 2.19. The van der Waals surface area contributed by atoms with Crippen LogP contribution in [0.1, 0.15) is 18.1 Å². The van der Waals surface area contributed by atoms with Gasteiger partial charge < -0.3 is 15.2 Å². The molecular weight excluding hydrogens is 272 g/mol. The summed E-state index contributed by atoms with van der Waals surface area (Å²) in [7, 11) is 0. The Morgan fingerprint density at radius 2 is 2.10 bits per heavy atom. The Labute approximate surface area is 123 Å². The molecule has 0 aliphatic carbocycles. The maximum atomic E-state index is 11.7. The monoisotopic (exact) mass is 292 g/mol. The predicted octanol–water partition coefficient (Wildman–Crippen LogP) is 0.983. The molecule has 2 atom stereocenters. The number of hydrogen-bond donors (Lipinski definition) is 2. The molecule has 2 rings (SSSR count). The largest absolute Gasteiger partial charge is 0.491 e. The van der Waals surface area contributed by atoms with Gasteiger partial charge in [0.1, 0.15) is 24.5 Å². The molecule has 0 radical (unpaired) electrons. The fourth-order valence-electron chi connectivity index (χ4n) is 2.14. The molecule has 2 N–H and O–H groups in total. The van der Waals surface area contributed by atoms with Crippen LogP contribution in [0.5, 0.6) is 5.75 Å². The molecule has 1 aliphatic heterocycles. The Morgan fingerprint density at radius 1 is 1.38 bits per heavy atom. The number of benzene rings is 1. The lowest BCUT2D eigenvalue weighted by Gasteiger charge is -2.18. The molecule has 0 saturated carbocycles. The van der Waals surface area contributed by atoms with Crippen LogP contribution in [0.3, 0.4) is 0 Å². The minimum Gasteiger partial charge on any atom is -0.491 e. The van der Waals surface area contributed by atoms with Crippen LogP contribution in [0.4, 0.5) is 4.79 Å². The molecule has 1 aliphatic rings. The van der Waals surface area contributed by atoms with E-state index in [0.717, 1.165) is 16.0 Å².